The third-order valence-electron chi connectivity index (χ3n) is 6.39. The Morgan fingerprint density at radius 1 is 1.09 bits per heavy atom. The number of aromatic nitrogens is 1. The van der Waals surface area contributed by atoms with E-state index in [1.54, 1.807) is 60.0 Å². The first-order valence-electron chi connectivity index (χ1n) is 11.2. The zero-order valence-corrected chi connectivity index (χ0v) is 19.2. The molecule has 1 unspecified atom stereocenters. The van der Waals surface area contributed by atoms with E-state index in [0.717, 1.165) is 5.56 Å². The fraction of sp³-hybridized carbons (Fsp3) is 0.222. The molecule has 35 heavy (non-hydrogen) atoms. The Hall–Kier alpha value is -4.33. The van der Waals surface area contributed by atoms with Gasteiger partial charge in [0.05, 0.1) is 30.7 Å². The van der Waals surface area contributed by atoms with Crippen molar-refractivity contribution in [2.45, 2.75) is 32.2 Å². The summed E-state index contributed by atoms with van der Waals surface area (Å²) in [7, 11) is 1.50. The lowest BCUT2D eigenvalue weighted by Gasteiger charge is -2.25. The summed E-state index contributed by atoms with van der Waals surface area (Å²) in [4.78, 5) is 39.5. The van der Waals surface area contributed by atoms with Crippen LogP contribution in [0.4, 0.5) is 0 Å². The normalized spacial score (nSPS) is 15.0. The van der Waals surface area contributed by atoms with Crippen LogP contribution in [0.1, 0.15) is 34.7 Å². The second-order valence-corrected chi connectivity index (χ2v) is 8.55. The lowest BCUT2D eigenvalue weighted by atomic mass is 9.87. The molecule has 4 aromatic rings. The lowest BCUT2D eigenvalue weighted by molar-refractivity contribution is -0.135. The van der Waals surface area contributed by atoms with Crippen LogP contribution in [0.5, 0.6) is 17.2 Å². The molecular weight excluding hydrogens is 450 g/mol. The van der Waals surface area contributed by atoms with Gasteiger partial charge in [-0.15, -0.1) is 0 Å². The molecule has 0 saturated heterocycles. The molecule has 5 rings (SSSR count). The van der Waals surface area contributed by atoms with Gasteiger partial charge in [0, 0.05) is 29.8 Å². The van der Waals surface area contributed by atoms with Crippen molar-refractivity contribution in [2.75, 3.05) is 7.11 Å². The lowest BCUT2D eigenvalue weighted by Crippen LogP contribution is -2.35. The zero-order valence-electron chi connectivity index (χ0n) is 19.2. The van der Waals surface area contributed by atoms with Crippen molar-refractivity contribution in [2.24, 2.45) is 0 Å². The number of rotatable bonds is 5. The van der Waals surface area contributed by atoms with E-state index in [9.17, 15) is 19.5 Å². The highest BCUT2D eigenvalue weighted by Crippen LogP contribution is 2.36. The largest absolute Gasteiger partial charge is 0.508 e. The molecule has 1 N–H and O–H groups in total. The van der Waals surface area contributed by atoms with Gasteiger partial charge < -0.3 is 23.6 Å². The standard InChI is InChI=1S/C27H23NO7/c1-15-11-23-25(27(32)28(15)10-9-16-3-5-17(29)6-4-16)19(13-24(30)35-23)21-14-34-22-8-7-18(33-2)12-20(22)26(21)31/h3-8,11-12,14,19,29H,9-10,13H2,1-2H3. The third kappa shape index (κ3) is 4.07. The summed E-state index contributed by atoms with van der Waals surface area (Å²) >= 11 is 0. The number of phenolic OH excluding ortho intramolecular Hbond substituents is 1. The number of carbonyl (C=O) groups is 1. The molecule has 8 heteroatoms. The topological polar surface area (TPSA) is 108 Å². The number of methoxy groups -OCH3 is 1. The van der Waals surface area contributed by atoms with E-state index in [1.165, 1.54) is 13.4 Å². The quantitative estimate of drug-likeness (QED) is 0.441. The fourth-order valence-corrected chi connectivity index (χ4v) is 4.53. The Balaban J connectivity index is 1.60. The van der Waals surface area contributed by atoms with Gasteiger partial charge in [-0.05, 0) is 49.2 Å². The summed E-state index contributed by atoms with van der Waals surface area (Å²) in [6.07, 6.45) is 1.73. The third-order valence-corrected chi connectivity index (χ3v) is 6.39. The van der Waals surface area contributed by atoms with E-state index in [0.29, 0.717) is 35.4 Å². The summed E-state index contributed by atoms with van der Waals surface area (Å²) in [6.45, 7) is 2.15. The van der Waals surface area contributed by atoms with Gasteiger partial charge in [-0.2, -0.15) is 0 Å². The van der Waals surface area contributed by atoms with Gasteiger partial charge in [0.25, 0.3) is 5.56 Å². The Bertz CT molecular complexity index is 1560. The highest BCUT2D eigenvalue weighted by molar-refractivity contribution is 5.81. The van der Waals surface area contributed by atoms with Gasteiger partial charge in [0.1, 0.15) is 22.8 Å². The molecule has 1 aliphatic rings. The SMILES string of the molecule is COc1ccc2occ(C3CC(=O)Oc4cc(C)n(CCc5ccc(O)cc5)c(=O)c43)c(=O)c2c1. The fourth-order valence-electron chi connectivity index (χ4n) is 4.53. The van der Waals surface area contributed by atoms with Crippen LogP contribution in [-0.2, 0) is 17.8 Å². The number of benzene rings is 2. The molecule has 1 aliphatic heterocycles. The van der Waals surface area contributed by atoms with E-state index < -0.39 is 11.9 Å². The Morgan fingerprint density at radius 3 is 2.60 bits per heavy atom. The van der Waals surface area contributed by atoms with Gasteiger partial charge in [0.2, 0.25) is 0 Å². The van der Waals surface area contributed by atoms with Crippen molar-refractivity contribution < 1.29 is 23.8 Å². The molecule has 0 spiro atoms. The monoisotopic (exact) mass is 473 g/mol. The van der Waals surface area contributed by atoms with Crippen LogP contribution in [0, 0.1) is 6.92 Å². The van der Waals surface area contributed by atoms with Gasteiger partial charge in [0.15, 0.2) is 5.43 Å². The van der Waals surface area contributed by atoms with E-state index in [-0.39, 0.29) is 40.0 Å². The van der Waals surface area contributed by atoms with Crippen LogP contribution in [0.3, 0.4) is 0 Å². The molecule has 8 nitrogen and oxygen atoms in total. The van der Waals surface area contributed by atoms with Gasteiger partial charge in [-0.1, -0.05) is 12.1 Å². The second-order valence-electron chi connectivity index (χ2n) is 8.55. The maximum absolute atomic E-state index is 13.7. The number of aromatic hydroxyl groups is 1. The minimum absolute atomic E-state index is 0.149. The van der Waals surface area contributed by atoms with Crippen LogP contribution < -0.4 is 20.5 Å². The number of phenols is 1. The van der Waals surface area contributed by atoms with Crippen LogP contribution in [0.25, 0.3) is 11.0 Å². The van der Waals surface area contributed by atoms with Gasteiger partial charge >= 0.3 is 5.97 Å². The van der Waals surface area contributed by atoms with Crippen molar-refractivity contribution in [1.29, 1.82) is 0 Å². The van der Waals surface area contributed by atoms with Crippen molar-refractivity contribution in [3.63, 3.8) is 0 Å². The summed E-state index contributed by atoms with van der Waals surface area (Å²) < 4.78 is 18.0. The first kappa shape index (κ1) is 22.5. The molecule has 2 aromatic heterocycles. The molecule has 0 radical (unpaired) electrons. The van der Waals surface area contributed by atoms with Gasteiger partial charge in [-0.25, -0.2) is 0 Å². The Labute approximate surface area is 200 Å². The molecule has 0 amide bonds. The molecule has 2 aromatic carbocycles. The van der Waals surface area contributed by atoms with E-state index in [4.69, 9.17) is 13.9 Å². The summed E-state index contributed by atoms with van der Waals surface area (Å²) in [5.74, 6) is -0.482. The average Bonchev–Trinajstić information content (AvgIpc) is 2.84. The van der Waals surface area contributed by atoms with Crippen molar-refractivity contribution in [3.8, 4) is 17.2 Å². The first-order valence-corrected chi connectivity index (χ1v) is 11.2. The van der Waals surface area contributed by atoms with Crippen molar-refractivity contribution >= 4 is 16.9 Å². The number of carbonyl (C=O) groups excluding carboxylic acids is 1. The molecule has 1 atom stereocenters. The average molecular weight is 473 g/mol. The van der Waals surface area contributed by atoms with E-state index in [2.05, 4.69) is 0 Å². The van der Waals surface area contributed by atoms with E-state index >= 15 is 0 Å². The molecule has 0 saturated carbocycles. The molecule has 0 fully saturated rings. The number of hydrogen-bond donors (Lipinski definition) is 1. The predicted octanol–water partition coefficient (Wildman–Crippen LogP) is 3.66. The molecular formula is C27H23NO7. The smallest absolute Gasteiger partial charge is 0.312 e. The number of nitrogens with zero attached hydrogens (tertiary/aromatic N) is 1. The molecule has 0 bridgehead atoms. The van der Waals surface area contributed by atoms with Crippen molar-refractivity contribution in [1.82, 2.24) is 4.57 Å². The number of ether oxygens (including phenoxy) is 2. The number of aryl methyl sites for hydroxylation is 2. The summed E-state index contributed by atoms with van der Waals surface area (Å²) in [6, 6.07) is 13.4. The molecule has 178 valence electrons. The van der Waals surface area contributed by atoms with Crippen LogP contribution in [0.2, 0.25) is 0 Å². The van der Waals surface area contributed by atoms with Crippen LogP contribution in [-0.4, -0.2) is 22.8 Å². The first-order chi connectivity index (χ1) is 16.9. The number of hydrogen-bond acceptors (Lipinski definition) is 7. The highest BCUT2D eigenvalue weighted by atomic mass is 16.5. The number of fused-ring (bicyclic) bond motifs is 2. The molecule has 0 aliphatic carbocycles. The van der Waals surface area contributed by atoms with E-state index in [1.807, 2.05) is 0 Å². The maximum atomic E-state index is 13.7. The Morgan fingerprint density at radius 2 is 1.86 bits per heavy atom. The van der Waals surface area contributed by atoms with Crippen LogP contribution in [0.15, 0.2) is 68.8 Å². The van der Waals surface area contributed by atoms with Crippen molar-refractivity contribution in [3.05, 3.63) is 97.8 Å². The minimum Gasteiger partial charge on any atom is -0.508 e. The maximum Gasteiger partial charge on any atom is 0.312 e. The Kier molecular flexibility index (Phi) is 5.64. The predicted molar refractivity (Wildman–Crippen MR) is 128 cm³/mol. The number of esters is 1. The minimum atomic E-state index is -0.800. The zero-order chi connectivity index (χ0) is 24.7. The number of pyridine rings is 1. The molecule has 3 heterocycles. The van der Waals surface area contributed by atoms with Crippen LogP contribution >= 0.6 is 0 Å². The summed E-state index contributed by atoms with van der Waals surface area (Å²) in [5.41, 5.74) is 1.81. The van der Waals surface area contributed by atoms with Gasteiger partial charge in [-0.3, -0.25) is 14.4 Å². The highest BCUT2D eigenvalue weighted by Gasteiger charge is 2.34. The second kappa shape index (κ2) is 8.79. The summed E-state index contributed by atoms with van der Waals surface area (Å²) in [5, 5.41) is 9.81.